The van der Waals surface area contributed by atoms with Crippen molar-refractivity contribution < 1.29 is 0 Å². The third kappa shape index (κ3) is 5.21. The van der Waals surface area contributed by atoms with Crippen LogP contribution in [-0.2, 0) is 12.8 Å². The summed E-state index contributed by atoms with van der Waals surface area (Å²) in [6.45, 7) is 0. The first kappa shape index (κ1) is 31.9. The lowest BCUT2D eigenvalue weighted by atomic mass is 9.79. The maximum atomic E-state index is 5.52. The second-order valence-corrected chi connectivity index (χ2v) is 16.0. The maximum absolute atomic E-state index is 5.52. The molecule has 11 rings (SSSR count). The van der Waals surface area contributed by atoms with Crippen LogP contribution in [0.4, 0.5) is 0 Å². The van der Waals surface area contributed by atoms with E-state index in [-0.39, 0.29) is 12.1 Å². The van der Waals surface area contributed by atoms with Crippen LogP contribution in [0.5, 0.6) is 0 Å². The number of benzene rings is 2. The molecule has 54 heavy (non-hydrogen) atoms. The van der Waals surface area contributed by atoms with E-state index in [0.717, 1.165) is 57.3 Å². The van der Waals surface area contributed by atoms with Crippen molar-refractivity contribution in [3.63, 3.8) is 0 Å². The van der Waals surface area contributed by atoms with Crippen LogP contribution in [0.1, 0.15) is 67.1 Å². The van der Waals surface area contributed by atoms with Gasteiger partial charge in [0.2, 0.25) is 5.96 Å². The molecule has 0 amide bonds. The van der Waals surface area contributed by atoms with Crippen LogP contribution in [-0.4, -0.2) is 27.2 Å². The summed E-state index contributed by atoms with van der Waals surface area (Å²) in [5, 5.41) is 6.80. The molecule has 2 aromatic heterocycles. The number of nitrogens with one attached hydrogen (secondary N) is 1. The Morgan fingerprint density at radius 3 is 2.31 bits per heavy atom. The van der Waals surface area contributed by atoms with E-state index in [1.165, 1.54) is 66.6 Å². The molecule has 1 N–H and O–H groups in total. The van der Waals surface area contributed by atoms with Crippen LogP contribution in [0.15, 0.2) is 161 Å². The highest BCUT2D eigenvalue weighted by molar-refractivity contribution is 6.01. The van der Waals surface area contributed by atoms with Gasteiger partial charge >= 0.3 is 0 Å². The number of aryl methyl sites for hydroxylation is 1. The highest BCUT2D eigenvalue weighted by atomic mass is 15.3. The number of allylic oxidation sites excluding steroid dienone is 15. The summed E-state index contributed by atoms with van der Waals surface area (Å²) in [5.74, 6) is 1.85. The summed E-state index contributed by atoms with van der Waals surface area (Å²) < 4.78 is 5.10. The lowest BCUT2D eigenvalue weighted by Crippen LogP contribution is -2.51. The fourth-order valence-corrected chi connectivity index (χ4v) is 10.3. The van der Waals surface area contributed by atoms with Crippen LogP contribution in [0.25, 0.3) is 34.0 Å². The Morgan fingerprint density at radius 2 is 1.48 bits per heavy atom. The number of hydrogen-bond donors (Lipinski definition) is 1. The molecule has 2 aromatic carbocycles. The Balaban J connectivity index is 0.978. The van der Waals surface area contributed by atoms with Crippen molar-refractivity contribution in [3.05, 3.63) is 178 Å². The molecular weight excluding hydrogens is 657 g/mol. The highest BCUT2D eigenvalue weighted by Gasteiger charge is 2.36. The highest BCUT2D eigenvalue weighted by Crippen LogP contribution is 2.43. The first-order valence-electron chi connectivity index (χ1n) is 20.2. The fraction of sp³-hybridized carbons (Fsp3) is 0.260. The zero-order valence-corrected chi connectivity index (χ0v) is 30.7. The van der Waals surface area contributed by atoms with E-state index in [2.05, 4.69) is 160 Å². The van der Waals surface area contributed by atoms with Gasteiger partial charge < -0.3 is 9.88 Å². The van der Waals surface area contributed by atoms with Crippen molar-refractivity contribution in [2.45, 2.75) is 69.5 Å². The van der Waals surface area contributed by atoms with E-state index in [0.29, 0.717) is 17.9 Å². The largest absolute Gasteiger partial charge is 0.348 e. The first-order valence-corrected chi connectivity index (χ1v) is 20.2. The van der Waals surface area contributed by atoms with Crippen LogP contribution in [0.2, 0.25) is 0 Å². The molecular formula is C50H46N4. The van der Waals surface area contributed by atoms with Crippen molar-refractivity contribution in [2.75, 3.05) is 0 Å². The van der Waals surface area contributed by atoms with E-state index >= 15 is 0 Å². The van der Waals surface area contributed by atoms with Crippen molar-refractivity contribution >= 4 is 39.9 Å². The predicted molar refractivity (Wildman–Crippen MR) is 226 cm³/mol. The second-order valence-electron chi connectivity index (χ2n) is 16.0. The van der Waals surface area contributed by atoms with Gasteiger partial charge in [-0.3, -0.25) is 4.57 Å². The molecule has 3 heterocycles. The summed E-state index contributed by atoms with van der Waals surface area (Å²) in [6, 6.07) is 18.8. The van der Waals surface area contributed by atoms with Gasteiger partial charge in [-0.05, 0) is 104 Å². The molecule has 5 unspecified atom stereocenters. The second kappa shape index (κ2) is 13.1. The van der Waals surface area contributed by atoms with Gasteiger partial charge in [-0.25, -0.2) is 4.99 Å². The van der Waals surface area contributed by atoms with Crippen LogP contribution < -0.4 is 5.32 Å². The molecule has 266 valence electrons. The molecule has 4 aromatic rings. The van der Waals surface area contributed by atoms with Gasteiger partial charge in [0.25, 0.3) is 0 Å². The van der Waals surface area contributed by atoms with E-state index in [9.17, 15) is 0 Å². The Bertz CT molecular complexity index is 2560. The summed E-state index contributed by atoms with van der Waals surface area (Å²) in [5.41, 5.74) is 14.1. The predicted octanol–water partition coefficient (Wildman–Crippen LogP) is 11.1. The number of para-hydroxylation sites is 2. The van der Waals surface area contributed by atoms with Crippen molar-refractivity contribution in [3.8, 4) is 0 Å². The third-order valence-corrected chi connectivity index (χ3v) is 13.0. The number of aromatic nitrogens is 2. The minimum absolute atomic E-state index is 0.150. The van der Waals surface area contributed by atoms with Crippen LogP contribution >= 0.6 is 0 Å². The third-order valence-electron chi connectivity index (χ3n) is 13.0. The van der Waals surface area contributed by atoms with Gasteiger partial charge in [-0.1, -0.05) is 121 Å². The number of nitrogens with zero attached hydrogens (tertiary/aromatic N) is 3. The van der Waals surface area contributed by atoms with Gasteiger partial charge in [-0.15, -0.1) is 0 Å². The van der Waals surface area contributed by atoms with Gasteiger partial charge in [-0.2, -0.15) is 0 Å². The zero-order valence-electron chi connectivity index (χ0n) is 30.7. The number of hydrogen-bond acceptors (Lipinski definition) is 2. The van der Waals surface area contributed by atoms with Gasteiger partial charge in [0.1, 0.15) is 0 Å². The van der Waals surface area contributed by atoms with E-state index in [1.807, 2.05) is 0 Å². The molecule has 5 atom stereocenters. The quantitative estimate of drug-likeness (QED) is 0.226. The van der Waals surface area contributed by atoms with Gasteiger partial charge in [0.15, 0.2) is 0 Å². The molecule has 0 bridgehead atoms. The Kier molecular flexibility index (Phi) is 7.71. The Hall–Kier alpha value is -5.61. The van der Waals surface area contributed by atoms with Gasteiger partial charge in [0, 0.05) is 39.4 Å². The SMILES string of the molecule is C1=CCC(C2=CCC(C3NC(n4c5c(c6ccccc64)CCC(C4=Cc6c(n(C7C=CC=CC7)c7ccccc67)CC4)=C5)=NC4CC=CC=C43)C=C2)C=C1. The summed E-state index contributed by atoms with van der Waals surface area (Å²) in [4.78, 5) is 5.52. The molecule has 1 aliphatic heterocycles. The normalized spacial score (nSPS) is 26.7. The van der Waals surface area contributed by atoms with Crippen molar-refractivity contribution in [2.24, 2.45) is 16.8 Å². The average molecular weight is 703 g/mol. The fourth-order valence-electron chi connectivity index (χ4n) is 10.3. The first-order chi connectivity index (χ1) is 26.8. The monoisotopic (exact) mass is 702 g/mol. The topological polar surface area (TPSA) is 34.2 Å². The molecule has 0 saturated heterocycles. The molecule has 4 heteroatoms. The number of rotatable bonds is 4. The van der Waals surface area contributed by atoms with E-state index in [4.69, 9.17) is 4.99 Å². The molecule has 6 aliphatic carbocycles. The lowest BCUT2D eigenvalue weighted by molar-refractivity contribution is 0.462. The molecule has 0 radical (unpaired) electrons. The van der Waals surface area contributed by atoms with Crippen LogP contribution in [0.3, 0.4) is 0 Å². The number of fused-ring (bicyclic) bond motifs is 7. The molecule has 7 aliphatic rings. The van der Waals surface area contributed by atoms with Crippen molar-refractivity contribution in [1.29, 1.82) is 0 Å². The molecule has 0 fully saturated rings. The van der Waals surface area contributed by atoms with Crippen molar-refractivity contribution in [1.82, 2.24) is 14.5 Å². The molecule has 0 saturated carbocycles. The number of aliphatic imine (C=N–C) groups is 1. The smallest absolute Gasteiger partial charge is 0.204 e. The average Bonchev–Trinajstić information content (AvgIpc) is 3.76. The lowest BCUT2D eigenvalue weighted by Gasteiger charge is -2.38. The minimum atomic E-state index is 0.150. The minimum Gasteiger partial charge on any atom is -0.348 e. The standard InChI is InChI=1S/C50H46N4/c1-3-13-33(14-4-1)34-23-25-35(26-24-34)49-42-19-7-10-20-44(42)51-50(52-49)54-46-22-12-8-17-39(46)41-29-27-37(32-48(41)54)36-28-30-47-43(31-36)40-18-9-11-21-45(40)53(47)38-15-5-2-6-16-38/h1-13,15,17-19,21-25,31-33,35,38,44,49H,14,16,20,26-30H2,(H,51,52). The van der Waals surface area contributed by atoms with E-state index in [1.54, 1.807) is 0 Å². The summed E-state index contributed by atoms with van der Waals surface area (Å²) in [7, 11) is 0. The maximum Gasteiger partial charge on any atom is 0.204 e. The Morgan fingerprint density at radius 1 is 0.685 bits per heavy atom. The van der Waals surface area contributed by atoms with E-state index < -0.39 is 0 Å². The van der Waals surface area contributed by atoms with Gasteiger partial charge in [0.05, 0.1) is 29.3 Å². The van der Waals surface area contributed by atoms with Crippen LogP contribution in [0, 0.1) is 11.8 Å². The summed E-state index contributed by atoms with van der Waals surface area (Å²) >= 11 is 0. The molecule has 0 spiro atoms. The molecule has 4 nitrogen and oxygen atoms in total. The Labute approximate surface area is 318 Å². The summed E-state index contributed by atoms with van der Waals surface area (Å²) in [6.07, 6.45) is 45.7. The zero-order chi connectivity index (χ0) is 35.6.